The average Bonchev–Trinajstić information content (AvgIpc) is 2.69. The Labute approximate surface area is 163 Å². The maximum Gasteiger partial charge on any atom is 0.328 e. The van der Waals surface area contributed by atoms with E-state index in [1.165, 1.54) is 6.08 Å². The molecule has 0 radical (unpaired) electrons. The molecule has 0 amide bonds. The largest absolute Gasteiger partial charge is 0.486 e. The highest BCUT2D eigenvalue weighted by Gasteiger charge is 2.42. The Hall–Kier alpha value is -2.99. The molecule has 0 saturated carbocycles. The van der Waals surface area contributed by atoms with Gasteiger partial charge in [-0.05, 0) is 35.9 Å². The van der Waals surface area contributed by atoms with Crippen molar-refractivity contribution in [3.63, 3.8) is 0 Å². The van der Waals surface area contributed by atoms with Gasteiger partial charge in [-0.25, -0.2) is 4.79 Å². The standard InChI is InChI=1S/C22H22N2O4/c25-19-14-22(8-11-24(12-9-22)15-17-3-1-2-10-23-17)28-20-6-4-16(13-18(19)20)5-7-21(26)27/h1-7,10,13H,8-9,11-12,14-15H2,(H,26,27). The van der Waals surface area contributed by atoms with Crippen molar-refractivity contribution in [3.05, 3.63) is 65.5 Å². The van der Waals surface area contributed by atoms with Gasteiger partial charge in [0.2, 0.25) is 0 Å². The minimum Gasteiger partial charge on any atom is -0.486 e. The molecule has 1 spiro atoms. The van der Waals surface area contributed by atoms with Crippen molar-refractivity contribution in [2.24, 2.45) is 0 Å². The van der Waals surface area contributed by atoms with E-state index in [0.29, 0.717) is 23.3 Å². The lowest BCUT2D eigenvalue weighted by atomic mass is 9.82. The van der Waals surface area contributed by atoms with Gasteiger partial charge in [0.25, 0.3) is 0 Å². The third-order valence-electron chi connectivity index (χ3n) is 5.41. The molecule has 0 unspecified atom stereocenters. The Balaban J connectivity index is 1.44. The van der Waals surface area contributed by atoms with Crippen molar-refractivity contribution in [3.8, 4) is 5.75 Å². The number of piperidine rings is 1. The Bertz CT molecular complexity index is 915. The topological polar surface area (TPSA) is 79.7 Å². The molecule has 144 valence electrons. The van der Waals surface area contributed by atoms with Crippen molar-refractivity contribution in [1.29, 1.82) is 0 Å². The zero-order valence-corrected chi connectivity index (χ0v) is 15.5. The van der Waals surface area contributed by atoms with Crippen LogP contribution in [0, 0.1) is 0 Å². The van der Waals surface area contributed by atoms with Crippen molar-refractivity contribution in [1.82, 2.24) is 9.88 Å². The van der Waals surface area contributed by atoms with Gasteiger partial charge in [-0.1, -0.05) is 12.1 Å². The Morgan fingerprint density at radius 1 is 1.25 bits per heavy atom. The second kappa shape index (κ2) is 7.56. The smallest absolute Gasteiger partial charge is 0.328 e. The van der Waals surface area contributed by atoms with Gasteiger partial charge in [-0.3, -0.25) is 14.7 Å². The first-order chi connectivity index (χ1) is 13.5. The Morgan fingerprint density at radius 3 is 2.79 bits per heavy atom. The molecule has 0 atom stereocenters. The molecule has 1 N–H and O–H groups in total. The van der Waals surface area contributed by atoms with Crippen molar-refractivity contribution < 1.29 is 19.4 Å². The number of rotatable bonds is 4. The van der Waals surface area contributed by atoms with Crippen LogP contribution in [0.4, 0.5) is 0 Å². The predicted molar refractivity (Wildman–Crippen MR) is 104 cm³/mol. The Kier molecular flexibility index (Phi) is 4.96. The van der Waals surface area contributed by atoms with E-state index in [4.69, 9.17) is 9.84 Å². The van der Waals surface area contributed by atoms with E-state index in [0.717, 1.165) is 44.2 Å². The average molecular weight is 378 g/mol. The quantitative estimate of drug-likeness (QED) is 0.823. The van der Waals surface area contributed by atoms with E-state index in [1.807, 2.05) is 18.2 Å². The molecule has 2 aromatic rings. The van der Waals surface area contributed by atoms with Gasteiger partial charge >= 0.3 is 5.97 Å². The Morgan fingerprint density at radius 2 is 2.07 bits per heavy atom. The van der Waals surface area contributed by atoms with Crippen LogP contribution in [0.25, 0.3) is 6.08 Å². The molecule has 1 aromatic heterocycles. The van der Waals surface area contributed by atoms with Crippen LogP contribution in [0.5, 0.6) is 5.75 Å². The highest BCUT2D eigenvalue weighted by Crippen LogP contribution is 2.40. The number of Topliss-reactive ketones (excluding diaryl/α,β-unsaturated/α-hetero) is 1. The first-order valence-electron chi connectivity index (χ1n) is 9.43. The van der Waals surface area contributed by atoms with Gasteiger partial charge in [-0.15, -0.1) is 0 Å². The highest BCUT2D eigenvalue weighted by atomic mass is 16.5. The van der Waals surface area contributed by atoms with E-state index < -0.39 is 11.6 Å². The van der Waals surface area contributed by atoms with Crippen molar-refractivity contribution in [2.45, 2.75) is 31.4 Å². The number of benzene rings is 1. The molecule has 4 rings (SSSR count). The highest BCUT2D eigenvalue weighted by molar-refractivity contribution is 6.01. The lowest BCUT2D eigenvalue weighted by molar-refractivity contribution is -0.131. The number of hydrogen-bond acceptors (Lipinski definition) is 5. The third-order valence-corrected chi connectivity index (χ3v) is 5.41. The van der Waals surface area contributed by atoms with Gasteiger partial charge in [0.15, 0.2) is 5.78 Å². The SMILES string of the molecule is O=C(O)C=Cc1ccc2c(c1)C(=O)CC1(CCN(Cc3ccccn3)CC1)O2. The number of ether oxygens (including phenoxy) is 1. The zero-order valence-electron chi connectivity index (χ0n) is 15.5. The van der Waals surface area contributed by atoms with Crippen molar-refractivity contribution in [2.75, 3.05) is 13.1 Å². The summed E-state index contributed by atoms with van der Waals surface area (Å²) in [7, 11) is 0. The number of ketones is 1. The van der Waals surface area contributed by atoms with Crippen LogP contribution >= 0.6 is 0 Å². The van der Waals surface area contributed by atoms with Gasteiger partial charge < -0.3 is 9.84 Å². The molecular weight excluding hydrogens is 356 g/mol. The normalized spacial score (nSPS) is 18.8. The summed E-state index contributed by atoms with van der Waals surface area (Å²) in [6.07, 6.45) is 6.31. The third kappa shape index (κ3) is 3.97. The fourth-order valence-electron chi connectivity index (χ4n) is 3.90. The summed E-state index contributed by atoms with van der Waals surface area (Å²) in [5.41, 5.74) is 1.82. The van der Waals surface area contributed by atoms with Crippen LogP contribution in [0.15, 0.2) is 48.7 Å². The van der Waals surface area contributed by atoms with Crippen LogP contribution in [-0.2, 0) is 11.3 Å². The summed E-state index contributed by atoms with van der Waals surface area (Å²) in [4.78, 5) is 30.2. The molecule has 6 heteroatoms. The van der Waals surface area contributed by atoms with Gasteiger partial charge in [0, 0.05) is 44.7 Å². The number of carboxylic acids is 1. The number of pyridine rings is 1. The summed E-state index contributed by atoms with van der Waals surface area (Å²) < 4.78 is 6.31. The number of aromatic nitrogens is 1. The van der Waals surface area contributed by atoms with E-state index in [1.54, 1.807) is 24.4 Å². The maximum atomic E-state index is 12.8. The number of carbonyl (C=O) groups excluding carboxylic acids is 1. The molecule has 6 nitrogen and oxygen atoms in total. The van der Waals surface area contributed by atoms with E-state index in [-0.39, 0.29) is 5.78 Å². The van der Waals surface area contributed by atoms with Crippen LogP contribution in [0.2, 0.25) is 0 Å². The number of nitrogens with zero attached hydrogens (tertiary/aromatic N) is 2. The monoisotopic (exact) mass is 378 g/mol. The fourth-order valence-corrected chi connectivity index (χ4v) is 3.90. The van der Waals surface area contributed by atoms with Gasteiger partial charge in [0.1, 0.15) is 11.4 Å². The summed E-state index contributed by atoms with van der Waals surface area (Å²) >= 11 is 0. The summed E-state index contributed by atoms with van der Waals surface area (Å²) in [5.74, 6) is -0.358. The summed E-state index contributed by atoms with van der Waals surface area (Å²) in [6.45, 7) is 2.53. The van der Waals surface area contributed by atoms with E-state index in [9.17, 15) is 9.59 Å². The molecule has 2 aliphatic heterocycles. The first kappa shape index (κ1) is 18.4. The molecule has 0 aliphatic carbocycles. The molecule has 0 bridgehead atoms. The minimum absolute atomic E-state index is 0.0602. The molecule has 2 aliphatic rings. The number of likely N-dealkylation sites (tertiary alicyclic amines) is 1. The zero-order chi connectivity index (χ0) is 19.6. The summed E-state index contributed by atoms with van der Waals surface area (Å²) in [5, 5.41) is 8.76. The molecule has 3 heterocycles. The lowest BCUT2D eigenvalue weighted by Crippen LogP contribution is -2.50. The number of fused-ring (bicyclic) bond motifs is 1. The van der Waals surface area contributed by atoms with E-state index in [2.05, 4.69) is 9.88 Å². The van der Waals surface area contributed by atoms with Crippen LogP contribution in [0.3, 0.4) is 0 Å². The van der Waals surface area contributed by atoms with Crippen molar-refractivity contribution >= 4 is 17.8 Å². The number of carboxylic acid groups (broad SMARTS) is 1. The molecular formula is C22H22N2O4. The van der Waals surface area contributed by atoms with E-state index >= 15 is 0 Å². The predicted octanol–water partition coefficient (Wildman–Crippen LogP) is 3.18. The number of aliphatic carboxylic acids is 1. The molecule has 1 fully saturated rings. The summed E-state index contributed by atoms with van der Waals surface area (Å²) in [6, 6.07) is 11.2. The van der Waals surface area contributed by atoms with Crippen LogP contribution in [-0.4, -0.2) is 45.4 Å². The molecule has 28 heavy (non-hydrogen) atoms. The molecule has 1 aromatic carbocycles. The number of hydrogen-bond donors (Lipinski definition) is 1. The second-order valence-electron chi connectivity index (χ2n) is 7.41. The maximum absolute atomic E-state index is 12.8. The van der Waals surface area contributed by atoms with Gasteiger partial charge in [-0.2, -0.15) is 0 Å². The van der Waals surface area contributed by atoms with Gasteiger partial charge in [0.05, 0.1) is 17.7 Å². The fraction of sp³-hybridized carbons (Fsp3) is 0.318. The van der Waals surface area contributed by atoms with Crippen LogP contribution < -0.4 is 4.74 Å². The second-order valence-corrected chi connectivity index (χ2v) is 7.41. The minimum atomic E-state index is -1.02. The first-order valence-corrected chi connectivity index (χ1v) is 9.43. The molecule has 1 saturated heterocycles. The van der Waals surface area contributed by atoms with Crippen LogP contribution in [0.1, 0.15) is 40.9 Å². The number of carbonyl (C=O) groups is 2. The lowest BCUT2D eigenvalue weighted by Gasteiger charge is -2.44.